The second-order valence-corrected chi connectivity index (χ2v) is 5.55. The Kier molecular flexibility index (Phi) is 6.75. The zero-order valence-electron chi connectivity index (χ0n) is 12.4. The van der Waals surface area contributed by atoms with E-state index in [-0.39, 0.29) is 24.3 Å². The molecule has 0 unspecified atom stereocenters. The average molecular weight is 273 g/mol. The van der Waals surface area contributed by atoms with E-state index in [1.54, 1.807) is 0 Å². The van der Waals surface area contributed by atoms with Crippen molar-refractivity contribution in [1.29, 1.82) is 0 Å². The Morgan fingerprint density at radius 3 is 2.74 bits per heavy atom. The monoisotopic (exact) mass is 273 g/mol. The summed E-state index contributed by atoms with van der Waals surface area (Å²) in [6, 6.07) is -0.608. The van der Waals surface area contributed by atoms with Crippen LogP contribution in [0.4, 0.5) is 0 Å². The minimum atomic E-state index is -0.608. The Hall–Kier alpha value is -0.650. The number of hydrogen-bond acceptors (Lipinski definition) is 5. The van der Waals surface area contributed by atoms with Gasteiger partial charge in [-0.25, -0.2) is 0 Å². The third-order valence-corrected chi connectivity index (χ3v) is 3.22. The highest BCUT2D eigenvalue weighted by molar-refractivity contribution is 5.75. The summed E-state index contributed by atoms with van der Waals surface area (Å²) in [4.78, 5) is 11.8. The van der Waals surface area contributed by atoms with Gasteiger partial charge in [-0.05, 0) is 25.7 Å². The van der Waals surface area contributed by atoms with Crippen molar-refractivity contribution >= 4 is 5.97 Å². The number of carbonyl (C=O) groups is 1. The van der Waals surface area contributed by atoms with E-state index in [2.05, 4.69) is 13.8 Å². The molecule has 1 rings (SSSR count). The molecule has 0 aromatic heterocycles. The summed E-state index contributed by atoms with van der Waals surface area (Å²) in [5.74, 6) is 0.0568. The Morgan fingerprint density at radius 1 is 1.47 bits per heavy atom. The Bertz CT molecular complexity index is 283. The lowest BCUT2D eigenvalue weighted by Crippen LogP contribution is -2.43. The maximum Gasteiger partial charge on any atom is 0.323 e. The second-order valence-electron chi connectivity index (χ2n) is 5.55. The summed E-state index contributed by atoms with van der Waals surface area (Å²) in [5.41, 5.74) is 5.74. The van der Waals surface area contributed by atoms with Crippen LogP contribution in [-0.4, -0.2) is 43.5 Å². The first-order valence-corrected chi connectivity index (χ1v) is 7.15. The van der Waals surface area contributed by atoms with E-state index in [0.29, 0.717) is 25.6 Å². The van der Waals surface area contributed by atoms with Crippen molar-refractivity contribution in [1.82, 2.24) is 0 Å². The van der Waals surface area contributed by atoms with E-state index < -0.39 is 6.04 Å². The molecule has 5 nitrogen and oxygen atoms in total. The van der Waals surface area contributed by atoms with Crippen LogP contribution in [-0.2, 0) is 19.0 Å². The van der Waals surface area contributed by atoms with Gasteiger partial charge in [-0.1, -0.05) is 20.8 Å². The van der Waals surface area contributed by atoms with Crippen molar-refractivity contribution in [2.24, 2.45) is 11.7 Å². The van der Waals surface area contributed by atoms with Gasteiger partial charge in [0, 0.05) is 13.2 Å². The van der Waals surface area contributed by atoms with Crippen molar-refractivity contribution in [2.75, 3.05) is 13.2 Å². The predicted molar refractivity (Wildman–Crippen MR) is 72.8 cm³/mol. The number of ether oxygens (including phenoxy) is 3. The quantitative estimate of drug-likeness (QED) is 0.786. The maximum absolute atomic E-state index is 11.8. The molecule has 1 aliphatic heterocycles. The average Bonchev–Trinajstić information content (AvgIpc) is 2.39. The van der Waals surface area contributed by atoms with E-state index >= 15 is 0 Å². The summed E-state index contributed by atoms with van der Waals surface area (Å²) in [6.45, 7) is 9.14. The van der Waals surface area contributed by atoms with Gasteiger partial charge in [0.1, 0.15) is 18.2 Å². The third kappa shape index (κ3) is 5.09. The molecule has 1 aliphatic rings. The smallest absolute Gasteiger partial charge is 0.323 e. The summed E-state index contributed by atoms with van der Waals surface area (Å²) in [7, 11) is 0. The minimum absolute atomic E-state index is 0.0631. The first kappa shape index (κ1) is 16.4. The van der Waals surface area contributed by atoms with Crippen LogP contribution < -0.4 is 5.73 Å². The molecule has 0 aromatic carbocycles. The normalized spacial score (nSPS) is 33.5. The van der Waals surface area contributed by atoms with Crippen LogP contribution in [0.5, 0.6) is 0 Å². The standard InChI is InChI=1S/C14H27NO4/c1-5-12-13(18-8-9(2)3)10(4)19-14(16)11(15)6-7-17-12/h9-13H,5-8,15H2,1-4H3/t10-,11-,12+,13-/m0/s1. The van der Waals surface area contributed by atoms with Crippen molar-refractivity contribution < 1.29 is 19.0 Å². The van der Waals surface area contributed by atoms with Gasteiger partial charge >= 0.3 is 5.97 Å². The van der Waals surface area contributed by atoms with Crippen molar-refractivity contribution in [3.63, 3.8) is 0 Å². The minimum Gasteiger partial charge on any atom is -0.459 e. The van der Waals surface area contributed by atoms with Crippen LogP contribution in [0.15, 0.2) is 0 Å². The molecule has 2 N–H and O–H groups in total. The summed E-state index contributed by atoms with van der Waals surface area (Å²) in [5, 5.41) is 0. The van der Waals surface area contributed by atoms with Crippen LogP contribution in [0.2, 0.25) is 0 Å². The molecular weight excluding hydrogens is 246 g/mol. The molecule has 1 fully saturated rings. The molecule has 0 spiro atoms. The highest BCUT2D eigenvalue weighted by Gasteiger charge is 2.33. The highest BCUT2D eigenvalue weighted by Crippen LogP contribution is 2.19. The SMILES string of the molecule is CC[C@H]1OCC[C@H](N)C(=O)O[C@@H](C)[C@@H]1OCC(C)C. The van der Waals surface area contributed by atoms with E-state index in [1.165, 1.54) is 0 Å². The first-order chi connectivity index (χ1) is 8.95. The maximum atomic E-state index is 11.8. The number of nitrogens with two attached hydrogens (primary N) is 1. The number of hydrogen-bond donors (Lipinski definition) is 1. The van der Waals surface area contributed by atoms with Crippen LogP contribution in [0, 0.1) is 5.92 Å². The Morgan fingerprint density at radius 2 is 2.16 bits per heavy atom. The summed E-state index contributed by atoms with van der Waals surface area (Å²) < 4.78 is 17.1. The molecule has 19 heavy (non-hydrogen) atoms. The van der Waals surface area contributed by atoms with Crippen LogP contribution in [0.1, 0.15) is 40.5 Å². The zero-order chi connectivity index (χ0) is 14.4. The van der Waals surface area contributed by atoms with E-state index in [1.807, 2.05) is 13.8 Å². The molecule has 0 saturated carbocycles. The molecule has 0 amide bonds. The first-order valence-electron chi connectivity index (χ1n) is 7.15. The highest BCUT2D eigenvalue weighted by atomic mass is 16.6. The second kappa shape index (κ2) is 7.82. The van der Waals surface area contributed by atoms with Gasteiger partial charge in [-0.15, -0.1) is 0 Å². The molecular formula is C14H27NO4. The van der Waals surface area contributed by atoms with Crippen molar-refractivity contribution in [3.8, 4) is 0 Å². The number of rotatable bonds is 4. The van der Waals surface area contributed by atoms with Gasteiger partial charge in [0.05, 0.1) is 6.10 Å². The molecule has 4 atom stereocenters. The third-order valence-electron chi connectivity index (χ3n) is 3.22. The Balaban J connectivity index is 2.75. The largest absolute Gasteiger partial charge is 0.459 e. The number of cyclic esters (lactones) is 1. The van der Waals surface area contributed by atoms with E-state index in [4.69, 9.17) is 19.9 Å². The van der Waals surface area contributed by atoms with E-state index in [9.17, 15) is 4.79 Å². The van der Waals surface area contributed by atoms with Crippen LogP contribution in [0.3, 0.4) is 0 Å². The molecule has 1 heterocycles. The lowest BCUT2D eigenvalue weighted by molar-refractivity contribution is -0.165. The predicted octanol–water partition coefficient (Wildman–Crippen LogP) is 1.49. The molecule has 0 aliphatic carbocycles. The van der Waals surface area contributed by atoms with Gasteiger partial charge in [-0.3, -0.25) is 4.79 Å². The fourth-order valence-electron chi connectivity index (χ4n) is 2.10. The fourth-order valence-corrected chi connectivity index (χ4v) is 2.10. The summed E-state index contributed by atoms with van der Waals surface area (Å²) >= 11 is 0. The fraction of sp³-hybridized carbons (Fsp3) is 0.929. The lowest BCUT2D eigenvalue weighted by Gasteiger charge is -2.30. The molecule has 0 aromatic rings. The van der Waals surface area contributed by atoms with Crippen LogP contribution in [0.25, 0.3) is 0 Å². The number of esters is 1. The van der Waals surface area contributed by atoms with Gasteiger partial charge in [-0.2, -0.15) is 0 Å². The van der Waals surface area contributed by atoms with E-state index in [0.717, 1.165) is 6.42 Å². The van der Waals surface area contributed by atoms with Gasteiger partial charge < -0.3 is 19.9 Å². The van der Waals surface area contributed by atoms with Gasteiger partial charge in [0.15, 0.2) is 0 Å². The van der Waals surface area contributed by atoms with Crippen molar-refractivity contribution in [2.45, 2.75) is 64.9 Å². The Labute approximate surface area is 115 Å². The van der Waals surface area contributed by atoms with Crippen molar-refractivity contribution in [3.05, 3.63) is 0 Å². The van der Waals surface area contributed by atoms with Crippen LogP contribution >= 0.6 is 0 Å². The number of carbonyl (C=O) groups excluding carboxylic acids is 1. The molecule has 1 saturated heterocycles. The molecule has 5 heteroatoms. The van der Waals surface area contributed by atoms with Gasteiger partial charge in [0.25, 0.3) is 0 Å². The molecule has 0 radical (unpaired) electrons. The molecule has 0 bridgehead atoms. The molecule has 112 valence electrons. The zero-order valence-corrected chi connectivity index (χ0v) is 12.4. The summed E-state index contributed by atoms with van der Waals surface area (Å²) in [6.07, 6.45) is 0.660. The topological polar surface area (TPSA) is 70.8 Å². The lowest BCUT2D eigenvalue weighted by atomic mass is 10.1. The van der Waals surface area contributed by atoms with Gasteiger partial charge in [0.2, 0.25) is 0 Å².